The lowest BCUT2D eigenvalue weighted by Crippen LogP contribution is -2.19. The molecule has 13 heavy (non-hydrogen) atoms. The van der Waals surface area contributed by atoms with Crippen molar-refractivity contribution in [3.05, 3.63) is 28.7 Å². The summed E-state index contributed by atoms with van der Waals surface area (Å²) in [6.07, 6.45) is 1.46. The molecular weight excluding hydrogens is 230 g/mol. The summed E-state index contributed by atoms with van der Waals surface area (Å²) in [6.45, 7) is 2.04. The van der Waals surface area contributed by atoms with Gasteiger partial charge in [0.1, 0.15) is 11.9 Å². The van der Waals surface area contributed by atoms with Crippen molar-refractivity contribution in [2.75, 3.05) is 13.1 Å². The summed E-state index contributed by atoms with van der Waals surface area (Å²) in [5, 5.41) is 3.27. The molecule has 70 valence electrons. The fraction of sp³-hybridized carbons (Fsp3) is 0.400. The highest BCUT2D eigenvalue weighted by Gasteiger charge is 2.15. The predicted molar refractivity (Wildman–Crippen MR) is 56.0 cm³/mol. The summed E-state index contributed by atoms with van der Waals surface area (Å²) in [4.78, 5) is 0. The zero-order chi connectivity index (χ0) is 9.10. The Morgan fingerprint density at radius 3 is 2.69 bits per heavy atom. The Balaban J connectivity index is 1.97. The van der Waals surface area contributed by atoms with Gasteiger partial charge in [-0.2, -0.15) is 0 Å². The fourth-order valence-electron chi connectivity index (χ4n) is 1.43. The standard InChI is InChI=1S/C10H12BrNO/c11-8-1-3-9(4-2-8)13-10-5-6-12-7-10/h1-4,10,12H,5-7H2/t10-/m0/s1. The number of benzene rings is 1. The maximum absolute atomic E-state index is 5.75. The molecule has 0 unspecified atom stereocenters. The minimum atomic E-state index is 0.348. The molecule has 0 saturated carbocycles. The molecule has 1 aromatic carbocycles. The summed E-state index contributed by atoms with van der Waals surface area (Å²) in [6, 6.07) is 7.97. The van der Waals surface area contributed by atoms with Crippen LogP contribution in [-0.2, 0) is 0 Å². The highest BCUT2D eigenvalue weighted by Crippen LogP contribution is 2.18. The maximum atomic E-state index is 5.75. The first-order valence-electron chi connectivity index (χ1n) is 4.47. The van der Waals surface area contributed by atoms with E-state index in [2.05, 4.69) is 21.2 Å². The van der Waals surface area contributed by atoms with Gasteiger partial charge in [-0.05, 0) is 37.2 Å². The number of hydrogen-bond acceptors (Lipinski definition) is 2. The van der Waals surface area contributed by atoms with E-state index in [1.165, 1.54) is 0 Å². The third-order valence-electron chi connectivity index (χ3n) is 2.13. The van der Waals surface area contributed by atoms with E-state index in [0.717, 1.165) is 29.7 Å². The van der Waals surface area contributed by atoms with Crippen LogP contribution in [0.15, 0.2) is 28.7 Å². The van der Waals surface area contributed by atoms with Gasteiger partial charge in [0, 0.05) is 11.0 Å². The van der Waals surface area contributed by atoms with E-state index in [0.29, 0.717) is 6.10 Å². The normalized spacial score (nSPS) is 21.8. The summed E-state index contributed by atoms with van der Waals surface area (Å²) in [5.74, 6) is 0.955. The van der Waals surface area contributed by atoms with Crippen molar-refractivity contribution in [1.82, 2.24) is 5.32 Å². The maximum Gasteiger partial charge on any atom is 0.119 e. The highest BCUT2D eigenvalue weighted by atomic mass is 79.9. The van der Waals surface area contributed by atoms with Crippen molar-refractivity contribution >= 4 is 15.9 Å². The summed E-state index contributed by atoms with van der Waals surface area (Å²) >= 11 is 3.39. The molecular formula is C10H12BrNO. The van der Waals surface area contributed by atoms with Crippen LogP contribution in [0.2, 0.25) is 0 Å². The lowest BCUT2D eigenvalue weighted by Gasteiger charge is -2.11. The molecule has 2 rings (SSSR count). The molecule has 2 nitrogen and oxygen atoms in total. The van der Waals surface area contributed by atoms with Crippen molar-refractivity contribution in [3.8, 4) is 5.75 Å². The van der Waals surface area contributed by atoms with E-state index in [4.69, 9.17) is 4.74 Å². The van der Waals surface area contributed by atoms with Gasteiger partial charge in [-0.15, -0.1) is 0 Å². The molecule has 3 heteroatoms. The van der Waals surface area contributed by atoms with Crippen LogP contribution < -0.4 is 10.1 Å². The first-order chi connectivity index (χ1) is 6.34. The molecule has 1 heterocycles. The second-order valence-corrected chi connectivity index (χ2v) is 4.10. The van der Waals surface area contributed by atoms with Gasteiger partial charge in [0.15, 0.2) is 0 Å². The molecule has 0 spiro atoms. The van der Waals surface area contributed by atoms with Crippen LogP contribution in [-0.4, -0.2) is 19.2 Å². The molecule has 0 aliphatic carbocycles. The third-order valence-corrected chi connectivity index (χ3v) is 2.66. The van der Waals surface area contributed by atoms with Crippen molar-refractivity contribution in [3.63, 3.8) is 0 Å². The number of halogens is 1. The van der Waals surface area contributed by atoms with E-state index in [-0.39, 0.29) is 0 Å². The van der Waals surface area contributed by atoms with Gasteiger partial charge in [0.05, 0.1) is 0 Å². The highest BCUT2D eigenvalue weighted by molar-refractivity contribution is 9.10. The van der Waals surface area contributed by atoms with Crippen LogP contribution in [0.25, 0.3) is 0 Å². The predicted octanol–water partition coefficient (Wildman–Crippen LogP) is 2.19. The van der Waals surface area contributed by atoms with E-state index >= 15 is 0 Å². The fourth-order valence-corrected chi connectivity index (χ4v) is 1.70. The Kier molecular flexibility index (Phi) is 2.86. The number of ether oxygens (including phenoxy) is 1. The second kappa shape index (κ2) is 4.11. The first kappa shape index (κ1) is 9.03. The molecule has 1 fully saturated rings. The first-order valence-corrected chi connectivity index (χ1v) is 5.27. The minimum absolute atomic E-state index is 0.348. The molecule has 1 aliphatic rings. The summed E-state index contributed by atoms with van der Waals surface area (Å²) in [7, 11) is 0. The molecule has 0 amide bonds. The van der Waals surface area contributed by atoms with Gasteiger partial charge in [0.2, 0.25) is 0 Å². The molecule has 1 aromatic rings. The smallest absolute Gasteiger partial charge is 0.119 e. The lowest BCUT2D eigenvalue weighted by molar-refractivity contribution is 0.223. The average molecular weight is 242 g/mol. The van der Waals surface area contributed by atoms with Gasteiger partial charge in [-0.25, -0.2) is 0 Å². The van der Waals surface area contributed by atoms with E-state index in [9.17, 15) is 0 Å². The Morgan fingerprint density at radius 2 is 2.08 bits per heavy atom. The zero-order valence-electron chi connectivity index (χ0n) is 7.29. The SMILES string of the molecule is Brc1ccc(O[C@H]2CCNC2)cc1. The minimum Gasteiger partial charge on any atom is -0.489 e. The number of hydrogen-bond donors (Lipinski definition) is 1. The molecule has 1 N–H and O–H groups in total. The number of rotatable bonds is 2. The van der Waals surface area contributed by atoms with Gasteiger partial charge in [-0.3, -0.25) is 0 Å². The molecule has 0 aromatic heterocycles. The third kappa shape index (κ3) is 2.45. The zero-order valence-corrected chi connectivity index (χ0v) is 8.88. The van der Waals surface area contributed by atoms with Crippen molar-refractivity contribution < 1.29 is 4.74 Å². The molecule has 0 radical (unpaired) electrons. The van der Waals surface area contributed by atoms with Crippen molar-refractivity contribution in [2.45, 2.75) is 12.5 Å². The Bertz CT molecular complexity index is 267. The second-order valence-electron chi connectivity index (χ2n) is 3.19. The van der Waals surface area contributed by atoms with Crippen molar-refractivity contribution in [2.24, 2.45) is 0 Å². The van der Waals surface area contributed by atoms with Gasteiger partial charge in [0.25, 0.3) is 0 Å². The molecule has 1 aliphatic heterocycles. The van der Waals surface area contributed by atoms with Crippen LogP contribution >= 0.6 is 15.9 Å². The van der Waals surface area contributed by atoms with Crippen LogP contribution in [0.4, 0.5) is 0 Å². The Labute approximate surface area is 86.4 Å². The Hall–Kier alpha value is -0.540. The van der Waals surface area contributed by atoms with E-state index < -0.39 is 0 Å². The average Bonchev–Trinajstić information content (AvgIpc) is 2.62. The topological polar surface area (TPSA) is 21.3 Å². The monoisotopic (exact) mass is 241 g/mol. The summed E-state index contributed by atoms with van der Waals surface area (Å²) < 4.78 is 6.83. The number of nitrogens with one attached hydrogen (secondary N) is 1. The quantitative estimate of drug-likeness (QED) is 0.858. The molecule has 0 bridgehead atoms. The van der Waals surface area contributed by atoms with Crippen molar-refractivity contribution in [1.29, 1.82) is 0 Å². The van der Waals surface area contributed by atoms with E-state index in [1.54, 1.807) is 0 Å². The van der Waals surface area contributed by atoms with Gasteiger partial charge < -0.3 is 10.1 Å². The van der Waals surface area contributed by atoms with Gasteiger partial charge >= 0.3 is 0 Å². The van der Waals surface area contributed by atoms with E-state index in [1.807, 2.05) is 24.3 Å². The Morgan fingerprint density at radius 1 is 1.31 bits per heavy atom. The molecule has 1 atom stereocenters. The lowest BCUT2D eigenvalue weighted by atomic mass is 10.3. The van der Waals surface area contributed by atoms with Crippen LogP contribution in [0, 0.1) is 0 Å². The van der Waals surface area contributed by atoms with Crippen LogP contribution in [0.1, 0.15) is 6.42 Å². The van der Waals surface area contributed by atoms with Crippen LogP contribution in [0.3, 0.4) is 0 Å². The largest absolute Gasteiger partial charge is 0.489 e. The summed E-state index contributed by atoms with van der Waals surface area (Å²) in [5.41, 5.74) is 0. The molecule has 1 saturated heterocycles. The van der Waals surface area contributed by atoms with Gasteiger partial charge in [-0.1, -0.05) is 15.9 Å². The van der Waals surface area contributed by atoms with Crippen LogP contribution in [0.5, 0.6) is 5.75 Å².